The van der Waals surface area contributed by atoms with E-state index >= 15 is 0 Å². The number of hydrogen-bond donors (Lipinski definition) is 1. The molecule has 2 N–H and O–H groups in total. The molecule has 1 aromatic carbocycles. The van der Waals surface area contributed by atoms with Crippen LogP contribution >= 0.6 is 0 Å². The number of fused-ring (bicyclic) bond motifs is 3. The molecule has 1 aliphatic heterocycles. The van der Waals surface area contributed by atoms with Crippen molar-refractivity contribution in [2.75, 3.05) is 6.54 Å². The van der Waals surface area contributed by atoms with Gasteiger partial charge in [-0.15, -0.1) is 0 Å². The molecule has 0 saturated carbocycles. The number of carbonyl (C=O) groups excluding carboxylic acids is 1. The van der Waals surface area contributed by atoms with Crippen molar-refractivity contribution in [3.05, 3.63) is 65.7 Å². The Morgan fingerprint density at radius 1 is 1.25 bits per heavy atom. The van der Waals surface area contributed by atoms with Crippen molar-refractivity contribution in [2.24, 2.45) is 5.73 Å². The number of nitrogens with zero attached hydrogens (tertiary/aromatic N) is 2. The van der Waals surface area contributed by atoms with Crippen LogP contribution in [0.3, 0.4) is 0 Å². The van der Waals surface area contributed by atoms with Gasteiger partial charge in [-0.1, -0.05) is 24.3 Å². The molecule has 0 aliphatic carbocycles. The van der Waals surface area contributed by atoms with Crippen molar-refractivity contribution in [1.29, 1.82) is 0 Å². The van der Waals surface area contributed by atoms with E-state index in [2.05, 4.69) is 4.98 Å². The van der Waals surface area contributed by atoms with Gasteiger partial charge in [0.2, 0.25) is 5.91 Å². The lowest BCUT2D eigenvalue weighted by Gasteiger charge is -2.28. The van der Waals surface area contributed by atoms with Gasteiger partial charge in [0.15, 0.2) is 0 Å². The van der Waals surface area contributed by atoms with Crippen LogP contribution in [0.5, 0.6) is 0 Å². The molecule has 5 heteroatoms. The topological polar surface area (TPSA) is 72.4 Å². The summed E-state index contributed by atoms with van der Waals surface area (Å²) in [6.07, 6.45) is 2.90. The van der Waals surface area contributed by atoms with Crippen molar-refractivity contribution in [1.82, 2.24) is 9.88 Å². The van der Waals surface area contributed by atoms with Crippen LogP contribution in [0.4, 0.5) is 0 Å². The van der Waals surface area contributed by atoms with Crippen LogP contribution in [0.25, 0.3) is 11.0 Å². The average molecular weight is 321 g/mol. The van der Waals surface area contributed by atoms with Crippen LogP contribution in [-0.4, -0.2) is 28.4 Å². The largest absolute Gasteiger partial charge is 0.461 e. The first-order valence-corrected chi connectivity index (χ1v) is 8.16. The Balaban J connectivity index is 1.52. The maximum Gasteiger partial charge on any atom is 0.240 e. The zero-order valence-corrected chi connectivity index (χ0v) is 13.3. The van der Waals surface area contributed by atoms with Crippen molar-refractivity contribution >= 4 is 16.9 Å². The Bertz CT molecular complexity index is 873. The van der Waals surface area contributed by atoms with E-state index in [1.165, 1.54) is 0 Å². The van der Waals surface area contributed by atoms with Crippen LogP contribution in [-0.2, 0) is 24.2 Å². The van der Waals surface area contributed by atoms with Crippen molar-refractivity contribution < 1.29 is 9.21 Å². The summed E-state index contributed by atoms with van der Waals surface area (Å²) >= 11 is 0. The second-order valence-corrected chi connectivity index (χ2v) is 6.14. The quantitative estimate of drug-likeness (QED) is 0.803. The van der Waals surface area contributed by atoms with Gasteiger partial charge < -0.3 is 15.1 Å². The highest BCUT2D eigenvalue weighted by Crippen LogP contribution is 2.30. The van der Waals surface area contributed by atoms with Crippen LogP contribution in [0.15, 0.2) is 53.1 Å². The number of aromatic nitrogens is 1. The number of para-hydroxylation sites is 1. The molecule has 4 rings (SSSR count). The Kier molecular flexibility index (Phi) is 3.78. The molecule has 0 fully saturated rings. The number of rotatable bonds is 3. The fourth-order valence-electron chi connectivity index (χ4n) is 3.29. The molecule has 5 nitrogen and oxygen atoms in total. The van der Waals surface area contributed by atoms with Crippen molar-refractivity contribution in [3.8, 4) is 0 Å². The maximum absolute atomic E-state index is 12.7. The lowest BCUT2D eigenvalue weighted by atomic mass is 10.0. The standard InChI is InChI=1S/C19H19N3O2/c20-16(11-13-5-3-4-9-21-13)19(23)22-10-8-18-15(12-22)14-6-1-2-7-17(14)24-18/h1-7,9,16H,8,10-12,20H2/t16-/m1/s1. The number of nitrogens with two attached hydrogens (primary N) is 1. The number of benzene rings is 1. The van der Waals surface area contributed by atoms with E-state index in [0.717, 1.165) is 34.4 Å². The lowest BCUT2D eigenvalue weighted by molar-refractivity contribution is -0.133. The highest BCUT2D eigenvalue weighted by atomic mass is 16.3. The molecule has 0 radical (unpaired) electrons. The molecule has 3 heterocycles. The summed E-state index contributed by atoms with van der Waals surface area (Å²) in [6.45, 7) is 1.20. The summed E-state index contributed by atoms with van der Waals surface area (Å²) in [7, 11) is 0. The second-order valence-electron chi connectivity index (χ2n) is 6.14. The maximum atomic E-state index is 12.7. The zero-order valence-electron chi connectivity index (χ0n) is 13.3. The van der Waals surface area contributed by atoms with E-state index in [0.29, 0.717) is 19.5 Å². The molecule has 1 amide bonds. The first-order valence-electron chi connectivity index (χ1n) is 8.16. The first kappa shape index (κ1) is 14.9. The van der Waals surface area contributed by atoms with E-state index < -0.39 is 6.04 Å². The summed E-state index contributed by atoms with van der Waals surface area (Å²) in [6, 6.07) is 13.0. The van der Waals surface area contributed by atoms with Crippen LogP contribution in [0.1, 0.15) is 17.0 Å². The molecule has 1 aliphatic rings. The van der Waals surface area contributed by atoms with E-state index in [-0.39, 0.29) is 5.91 Å². The molecule has 0 bridgehead atoms. The Labute approximate surface area is 140 Å². The fourth-order valence-corrected chi connectivity index (χ4v) is 3.29. The molecule has 0 unspecified atom stereocenters. The summed E-state index contributed by atoms with van der Waals surface area (Å²) in [5.74, 6) is 0.954. The van der Waals surface area contributed by atoms with Crippen LogP contribution in [0, 0.1) is 0 Å². The third-order valence-electron chi connectivity index (χ3n) is 4.52. The van der Waals surface area contributed by atoms with Gasteiger partial charge in [-0.2, -0.15) is 0 Å². The summed E-state index contributed by atoms with van der Waals surface area (Å²) in [5.41, 5.74) is 8.96. The van der Waals surface area contributed by atoms with Gasteiger partial charge in [0.1, 0.15) is 11.3 Å². The number of carbonyl (C=O) groups is 1. The third-order valence-corrected chi connectivity index (χ3v) is 4.52. The molecule has 24 heavy (non-hydrogen) atoms. The highest BCUT2D eigenvalue weighted by Gasteiger charge is 2.28. The second kappa shape index (κ2) is 6.09. The predicted octanol–water partition coefficient (Wildman–Crippen LogP) is 2.28. The van der Waals surface area contributed by atoms with Crippen molar-refractivity contribution in [2.45, 2.75) is 25.4 Å². The molecule has 2 aromatic heterocycles. The zero-order chi connectivity index (χ0) is 16.5. The summed E-state index contributed by atoms with van der Waals surface area (Å²) in [4.78, 5) is 18.8. The normalized spacial score (nSPS) is 15.3. The van der Waals surface area contributed by atoms with Gasteiger partial charge in [-0.05, 0) is 18.2 Å². The fraction of sp³-hybridized carbons (Fsp3) is 0.263. The SMILES string of the molecule is N[C@H](Cc1ccccn1)C(=O)N1CCc2oc3ccccc3c2C1. The number of amides is 1. The van der Waals surface area contributed by atoms with Gasteiger partial charge in [-0.25, -0.2) is 0 Å². The van der Waals surface area contributed by atoms with E-state index in [4.69, 9.17) is 10.2 Å². The summed E-state index contributed by atoms with van der Waals surface area (Å²) < 4.78 is 5.90. The van der Waals surface area contributed by atoms with Crippen LogP contribution < -0.4 is 5.73 Å². The van der Waals surface area contributed by atoms with Gasteiger partial charge in [0, 0.05) is 48.8 Å². The minimum absolute atomic E-state index is 0.0309. The number of hydrogen-bond acceptors (Lipinski definition) is 4. The smallest absolute Gasteiger partial charge is 0.240 e. The molecule has 122 valence electrons. The van der Waals surface area contributed by atoms with Crippen molar-refractivity contribution in [3.63, 3.8) is 0 Å². The van der Waals surface area contributed by atoms with Gasteiger partial charge in [-0.3, -0.25) is 9.78 Å². The predicted molar refractivity (Wildman–Crippen MR) is 91.3 cm³/mol. The third kappa shape index (κ3) is 2.67. The van der Waals surface area contributed by atoms with Gasteiger partial charge >= 0.3 is 0 Å². The Morgan fingerprint density at radius 3 is 2.92 bits per heavy atom. The van der Waals surface area contributed by atoms with E-state index in [1.54, 1.807) is 6.20 Å². The Morgan fingerprint density at radius 2 is 2.08 bits per heavy atom. The Hall–Kier alpha value is -2.66. The van der Waals surface area contributed by atoms with Gasteiger partial charge in [0.05, 0.1) is 6.04 Å². The molecule has 3 aromatic rings. The van der Waals surface area contributed by atoms with E-state index in [1.807, 2.05) is 47.4 Å². The first-order chi connectivity index (χ1) is 11.7. The average Bonchev–Trinajstić information content (AvgIpc) is 2.99. The molecule has 0 spiro atoms. The number of furan rings is 1. The highest BCUT2D eigenvalue weighted by molar-refractivity contribution is 5.85. The molecule has 0 saturated heterocycles. The molecular weight excluding hydrogens is 302 g/mol. The van der Waals surface area contributed by atoms with E-state index in [9.17, 15) is 4.79 Å². The van der Waals surface area contributed by atoms with Gasteiger partial charge in [0.25, 0.3) is 0 Å². The monoisotopic (exact) mass is 321 g/mol. The minimum Gasteiger partial charge on any atom is -0.461 e. The number of pyridine rings is 1. The summed E-state index contributed by atoms with van der Waals surface area (Å²) in [5, 5.41) is 1.09. The minimum atomic E-state index is -0.570. The molecular formula is C19H19N3O2. The molecule has 1 atom stereocenters. The van der Waals surface area contributed by atoms with Crippen LogP contribution in [0.2, 0.25) is 0 Å². The lowest BCUT2D eigenvalue weighted by Crippen LogP contribution is -2.46.